The third kappa shape index (κ3) is 4.41. The number of benzene rings is 2. The zero-order chi connectivity index (χ0) is 28.9. The SMILES string of the molecule is CO[C@]12N(C(=O)[C@H](C)N1C(=O)OCc1ccccc1)c1ccccc1[C@@]21C[C@@H](NC(=O)OCC(Cl)(Cl)Cl)C(=O)O1. The molecular formula is C26H24Cl3N3O8. The summed E-state index contributed by atoms with van der Waals surface area (Å²) in [5.74, 6) is -3.28. The molecule has 14 heteroatoms. The maximum Gasteiger partial charge on any atom is 0.414 e. The van der Waals surface area contributed by atoms with E-state index in [4.69, 9.17) is 53.8 Å². The van der Waals surface area contributed by atoms with Gasteiger partial charge in [0.15, 0.2) is 0 Å². The highest BCUT2D eigenvalue weighted by atomic mass is 35.6. The summed E-state index contributed by atoms with van der Waals surface area (Å²) in [5, 5.41) is 2.41. The zero-order valence-electron chi connectivity index (χ0n) is 21.3. The molecule has 3 amide bonds. The average Bonchev–Trinajstić information content (AvgIpc) is 3.46. The van der Waals surface area contributed by atoms with Crippen molar-refractivity contribution in [1.29, 1.82) is 0 Å². The largest absolute Gasteiger partial charge is 0.445 e. The van der Waals surface area contributed by atoms with E-state index in [9.17, 15) is 19.2 Å². The van der Waals surface area contributed by atoms with Gasteiger partial charge in [-0.1, -0.05) is 83.3 Å². The van der Waals surface area contributed by atoms with Crippen LogP contribution in [0.15, 0.2) is 54.6 Å². The Hall–Kier alpha value is -3.25. The van der Waals surface area contributed by atoms with Gasteiger partial charge in [-0.2, -0.15) is 0 Å². The van der Waals surface area contributed by atoms with E-state index in [1.54, 1.807) is 48.5 Å². The monoisotopic (exact) mass is 611 g/mol. The van der Waals surface area contributed by atoms with Crippen LogP contribution in [0.4, 0.5) is 15.3 Å². The van der Waals surface area contributed by atoms with Crippen LogP contribution in [0, 0.1) is 0 Å². The summed E-state index contributed by atoms with van der Waals surface area (Å²) in [5.41, 5.74) is -0.224. The Balaban J connectivity index is 1.52. The first kappa shape index (κ1) is 28.3. The zero-order valence-corrected chi connectivity index (χ0v) is 23.5. The molecule has 212 valence electrons. The number of alkyl carbamates (subject to hydrolysis) is 1. The summed E-state index contributed by atoms with van der Waals surface area (Å²) < 4.78 is 20.7. The number of halogens is 3. The number of esters is 1. The maximum absolute atomic E-state index is 13.7. The first-order valence-electron chi connectivity index (χ1n) is 12.2. The minimum Gasteiger partial charge on any atom is -0.445 e. The molecule has 2 aromatic rings. The van der Waals surface area contributed by atoms with E-state index >= 15 is 0 Å². The van der Waals surface area contributed by atoms with Gasteiger partial charge >= 0.3 is 18.2 Å². The average molecular weight is 613 g/mol. The molecule has 11 nitrogen and oxygen atoms in total. The van der Waals surface area contributed by atoms with Crippen LogP contribution in [-0.2, 0) is 40.7 Å². The summed E-state index contributed by atoms with van der Waals surface area (Å²) in [6.45, 7) is 0.889. The molecule has 1 N–H and O–H groups in total. The van der Waals surface area contributed by atoms with Crippen molar-refractivity contribution in [2.45, 2.75) is 47.3 Å². The van der Waals surface area contributed by atoms with Crippen LogP contribution in [0.5, 0.6) is 0 Å². The lowest BCUT2D eigenvalue weighted by atomic mass is 9.86. The molecule has 2 saturated heterocycles. The second-order valence-electron chi connectivity index (χ2n) is 9.43. The number of para-hydroxylation sites is 1. The number of rotatable bonds is 5. The topological polar surface area (TPSA) is 124 Å². The first-order valence-corrected chi connectivity index (χ1v) is 13.3. The third-order valence-corrected chi connectivity index (χ3v) is 7.42. The van der Waals surface area contributed by atoms with Gasteiger partial charge in [0.2, 0.25) is 9.39 Å². The highest BCUT2D eigenvalue weighted by Gasteiger charge is 2.79. The second kappa shape index (κ2) is 10.3. The number of amides is 3. The fraction of sp³-hybridized carbons (Fsp3) is 0.385. The Labute approximate surface area is 244 Å². The summed E-state index contributed by atoms with van der Waals surface area (Å²) in [6.07, 6.45) is -2.12. The molecule has 3 aliphatic heterocycles. The number of carbonyl (C=O) groups is 4. The molecule has 0 saturated carbocycles. The van der Waals surface area contributed by atoms with Gasteiger partial charge in [0.1, 0.15) is 25.3 Å². The number of alkyl halides is 3. The number of hydrogen-bond acceptors (Lipinski definition) is 8. The maximum atomic E-state index is 13.7. The van der Waals surface area contributed by atoms with Gasteiger partial charge in [-0.3, -0.25) is 9.69 Å². The Kier molecular flexibility index (Phi) is 7.28. The van der Waals surface area contributed by atoms with Gasteiger partial charge < -0.3 is 24.3 Å². The standard InChI is InChI=1S/C26H24Cl3N3O8/c1-15-20(33)32-19-11-7-6-10-17(19)24(12-18(21(34)40-24)30-22(35)39-14-25(27,28)29)26(32,37-2)31(15)23(36)38-13-16-8-4-3-5-9-16/h3-11,15,18H,12-14H2,1-2H3,(H,30,35)/t15-,18+,24-,26-/m0/s1. The van der Waals surface area contributed by atoms with Crippen LogP contribution in [-0.4, -0.2) is 64.4 Å². The number of hydrogen-bond donors (Lipinski definition) is 1. The predicted octanol–water partition coefficient (Wildman–Crippen LogP) is 3.98. The highest BCUT2D eigenvalue weighted by Crippen LogP contribution is 2.61. The van der Waals surface area contributed by atoms with Crippen LogP contribution in [0.2, 0.25) is 0 Å². The lowest BCUT2D eigenvalue weighted by Crippen LogP contribution is -2.67. The number of anilines is 1. The van der Waals surface area contributed by atoms with E-state index in [1.165, 1.54) is 18.9 Å². The van der Waals surface area contributed by atoms with E-state index in [-0.39, 0.29) is 13.0 Å². The summed E-state index contributed by atoms with van der Waals surface area (Å²) >= 11 is 16.9. The van der Waals surface area contributed by atoms with Crippen LogP contribution in [0.1, 0.15) is 24.5 Å². The molecule has 1 spiro atoms. The van der Waals surface area contributed by atoms with Crippen LogP contribution >= 0.6 is 34.8 Å². The second-order valence-corrected chi connectivity index (χ2v) is 11.9. The van der Waals surface area contributed by atoms with Gasteiger partial charge in [0.05, 0.1) is 5.69 Å². The molecule has 3 heterocycles. The smallest absolute Gasteiger partial charge is 0.414 e. The van der Waals surface area contributed by atoms with Crippen molar-refractivity contribution in [3.63, 3.8) is 0 Å². The van der Waals surface area contributed by atoms with E-state index in [2.05, 4.69) is 5.32 Å². The molecule has 0 bridgehead atoms. The molecule has 0 aliphatic carbocycles. The van der Waals surface area contributed by atoms with Crippen molar-refractivity contribution in [2.75, 3.05) is 18.6 Å². The van der Waals surface area contributed by atoms with Crippen molar-refractivity contribution in [3.05, 3.63) is 65.7 Å². The molecule has 2 fully saturated rings. The highest BCUT2D eigenvalue weighted by molar-refractivity contribution is 6.67. The minimum atomic E-state index is -1.96. The van der Waals surface area contributed by atoms with Crippen molar-refractivity contribution in [1.82, 2.24) is 10.2 Å². The molecule has 0 unspecified atom stereocenters. The molecule has 0 radical (unpaired) electrons. The van der Waals surface area contributed by atoms with Crippen molar-refractivity contribution >= 4 is 64.6 Å². The summed E-state index contributed by atoms with van der Waals surface area (Å²) in [7, 11) is 1.30. The minimum absolute atomic E-state index is 0.0736. The molecule has 5 rings (SSSR count). The van der Waals surface area contributed by atoms with Crippen LogP contribution < -0.4 is 10.2 Å². The van der Waals surface area contributed by atoms with Gasteiger partial charge in [-0.25, -0.2) is 19.3 Å². The molecule has 0 aromatic heterocycles. The molecule has 3 aliphatic rings. The van der Waals surface area contributed by atoms with Crippen LogP contribution in [0.25, 0.3) is 0 Å². The van der Waals surface area contributed by atoms with Gasteiger partial charge in [-0.15, -0.1) is 0 Å². The van der Waals surface area contributed by atoms with Crippen molar-refractivity contribution in [2.24, 2.45) is 0 Å². The Morgan fingerprint density at radius 1 is 1.07 bits per heavy atom. The quantitative estimate of drug-likeness (QED) is 0.306. The van der Waals surface area contributed by atoms with E-state index in [0.717, 1.165) is 10.5 Å². The van der Waals surface area contributed by atoms with Crippen LogP contribution in [0.3, 0.4) is 0 Å². The Morgan fingerprint density at radius 3 is 2.42 bits per heavy atom. The number of nitrogens with zero attached hydrogens (tertiary/aromatic N) is 2. The number of fused-ring (bicyclic) bond motifs is 5. The van der Waals surface area contributed by atoms with E-state index in [1.807, 2.05) is 6.07 Å². The summed E-state index contributed by atoms with van der Waals surface area (Å²) in [4.78, 5) is 55.4. The van der Waals surface area contributed by atoms with Gasteiger partial charge in [-0.05, 0) is 18.6 Å². The third-order valence-electron chi connectivity index (χ3n) is 7.10. The van der Waals surface area contributed by atoms with E-state index < -0.39 is 58.0 Å². The normalized spacial score (nSPS) is 26.9. The van der Waals surface area contributed by atoms with Gasteiger partial charge in [0, 0.05) is 19.1 Å². The van der Waals surface area contributed by atoms with Crippen molar-refractivity contribution < 1.29 is 38.1 Å². The number of ether oxygens (including phenoxy) is 4. The Morgan fingerprint density at radius 2 is 1.75 bits per heavy atom. The lowest BCUT2D eigenvalue weighted by molar-refractivity contribution is -0.227. The molecule has 40 heavy (non-hydrogen) atoms. The molecular weight excluding hydrogens is 589 g/mol. The first-order chi connectivity index (χ1) is 18.9. The number of methoxy groups -OCH3 is 1. The fourth-order valence-electron chi connectivity index (χ4n) is 5.55. The molecule has 4 atom stereocenters. The Bertz CT molecular complexity index is 1360. The molecule has 2 aromatic carbocycles. The predicted molar refractivity (Wildman–Crippen MR) is 143 cm³/mol. The van der Waals surface area contributed by atoms with Gasteiger partial charge in [0.25, 0.3) is 11.8 Å². The van der Waals surface area contributed by atoms with E-state index in [0.29, 0.717) is 11.3 Å². The number of nitrogens with one attached hydrogen (secondary N) is 1. The van der Waals surface area contributed by atoms with Crippen molar-refractivity contribution in [3.8, 4) is 0 Å². The number of carbonyl (C=O) groups excluding carboxylic acids is 4. The lowest BCUT2D eigenvalue weighted by Gasteiger charge is -2.45. The fourth-order valence-corrected chi connectivity index (χ4v) is 5.71. The summed E-state index contributed by atoms with van der Waals surface area (Å²) in [6, 6.07) is 13.4.